The summed E-state index contributed by atoms with van der Waals surface area (Å²) in [5, 5.41) is 4.38. The van der Waals surface area contributed by atoms with Crippen LogP contribution < -0.4 is 5.32 Å². The molecule has 1 atom stereocenters. The first-order chi connectivity index (χ1) is 9.93. The van der Waals surface area contributed by atoms with Crippen LogP contribution in [0.25, 0.3) is 0 Å². The van der Waals surface area contributed by atoms with E-state index < -0.39 is 0 Å². The molecular weight excluding hydrogens is 460 g/mol. The number of hydrogen-bond acceptors (Lipinski definition) is 1. The van der Waals surface area contributed by atoms with Crippen LogP contribution in [0.15, 0.2) is 34.8 Å². The van der Waals surface area contributed by atoms with Crippen LogP contribution in [0, 0.1) is 17.4 Å². The predicted octanol–water partition coefficient (Wildman–Crippen LogP) is 6.02. The van der Waals surface area contributed by atoms with Gasteiger partial charge in [-0.2, -0.15) is 0 Å². The van der Waals surface area contributed by atoms with Gasteiger partial charge in [-0.1, -0.05) is 46.6 Å². The van der Waals surface area contributed by atoms with Gasteiger partial charge >= 0.3 is 0 Å². The van der Waals surface area contributed by atoms with Crippen molar-refractivity contribution in [1.29, 1.82) is 0 Å². The van der Waals surface area contributed by atoms with Crippen molar-refractivity contribution >= 4 is 50.1 Å². The minimum atomic E-state index is 0.163. The van der Waals surface area contributed by atoms with E-state index >= 15 is 0 Å². The van der Waals surface area contributed by atoms with E-state index in [-0.39, 0.29) is 6.04 Å². The fourth-order valence-corrected chi connectivity index (χ4v) is 3.40. The van der Waals surface area contributed by atoms with E-state index in [0.29, 0.717) is 0 Å². The zero-order chi connectivity index (χ0) is 15.6. The molecule has 1 N–H and O–H groups in total. The van der Waals surface area contributed by atoms with Gasteiger partial charge in [0, 0.05) is 8.04 Å². The monoisotopic (exact) mass is 477 g/mol. The van der Waals surface area contributed by atoms with Gasteiger partial charge in [-0.05, 0) is 83.4 Å². The number of nitrogens with one attached hydrogen (secondary N) is 1. The van der Waals surface area contributed by atoms with Crippen LogP contribution in [-0.4, -0.2) is 6.54 Å². The Morgan fingerprint density at radius 2 is 1.90 bits per heavy atom. The van der Waals surface area contributed by atoms with Gasteiger partial charge in [0.15, 0.2) is 0 Å². The highest BCUT2D eigenvalue weighted by molar-refractivity contribution is 14.1. The molecule has 2 rings (SSSR count). The first-order valence-electron chi connectivity index (χ1n) is 6.89. The highest BCUT2D eigenvalue weighted by Gasteiger charge is 2.17. The van der Waals surface area contributed by atoms with Gasteiger partial charge in [-0.3, -0.25) is 0 Å². The van der Waals surface area contributed by atoms with Crippen molar-refractivity contribution in [3.63, 3.8) is 0 Å². The first kappa shape index (κ1) is 17.3. The molecular formula is C17H18BrClIN. The topological polar surface area (TPSA) is 12.0 Å². The summed E-state index contributed by atoms with van der Waals surface area (Å²) in [5.41, 5.74) is 5.02. The maximum absolute atomic E-state index is 6.30. The summed E-state index contributed by atoms with van der Waals surface area (Å²) in [4.78, 5) is 0. The quantitative estimate of drug-likeness (QED) is 0.530. The molecule has 0 aliphatic heterocycles. The number of aryl methyl sites for hydroxylation is 2. The molecule has 0 saturated carbocycles. The van der Waals surface area contributed by atoms with Crippen LogP contribution >= 0.6 is 50.1 Å². The highest BCUT2D eigenvalue weighted by Crippen LogP contribution is 2.31. The van der Waals surface area contributed by atoms with Gasteiger partial charge in [0.05, 0.1) is 11.1 Å². The van der Waals surface area contributed by atoms with Crippen molar-refractivity contribution in [1.82, 2.24) is 5.32 Å². The van der Waals surface area contributed by atoms with Crippen LogP contribution in [0.1, 0.15) is 35.2 Å². The Labute approximate surface area is 153 Å². The summed E-state index contributed by atoms with van der Waals surface area (Å²) >= 11 is 12.2. The van der Waals surface area contributed by atoms with E-state index in [1.807, 2.05) is 0 Å². The SMILES string of the molecule is CCNC(c1ccc(I)c(Cl)c1)c1cc(C)c(Br)cc1C. The third-order valence-electron chi connectivity index (χ3n) is 3.54. The van der Waals surface area contributed by atoms with Gasteiger partial charge in [-0.15, -0.1) is 0 Å². The Balaban J connectivity index is 2.52. The third kappa shape index (κ3) is 4.01. The van der Waals surface area contributed by atoms with Crippen LogP contribution in [-0.2, 0) is 0 Å². The molecule has 2 aromatic rings. The minimum absolute atomic E-state index is 0.163. The van der Waals surface area contributed by atoms with Crippen molar-refractivity contribution in [2.45, 2.75) is 26.8 Å². The normalized spacial score (nSPS) is 12.5. The molecule has 0 spiro atoms. The lowest BCUT2D eigenvalue weighted by Crippen LogP contribution is -2.23. The number of benzene rings is 2. The molecule has 21 heavy (non-hydrogen) atoms. The molecule has 112 valence electrons. The van der Waals surface area contributed by atoms with E-state index in [2.05, 4.69) is 94.9 Å². The molecule has 1 unspecified atom stereocenters. The first-order valence-corrected chi connectivity index (χ1v) is 9.14. The second-order valence-corrected chi connectivity index (χ2v) is 7.55. The number of hydrogen-bond donors (Lipinski definition) is 1. The lowest BCUT2D eigenvalue weighted by Gasteiger charge is -2.22. The second kappa shape index (κ2) is 7.44. The molecule has 0 aliphatic carbocycles. The Hall–Kier alpha value is -0.100. The van der Waals surface area contributed by atoms with E-state index in [4.69, 9.17) is 11.6 Å². The average molecular weight is 479 g/mol. The van der Waals surface area contributed by atoms with E-state index in [0.717, 1.165) is 19.6 Å². The molecule has 0 aromatic heterocycles. The Morgan fingerprint density at radius 1 is 1.19 bits per heavy atom. The Bertz CT molecular complexity index is 657. The fourth-order valence-electron chi connectivity index (χ4n) is 2.42. The molecule has 2 aromatic carbocycles. The molecule has 0 aliphatic rings. The van der Waals surface area contributed by atoms with Gasteiger partial charge in [0.2, 0.25) is 0 Å². The number of halogens is 3. The predicted molar refractivity (Wildman–Crippen MR) is 103 cm³/mol. The molecule has 0 bridgehead atoms. The van der Waals surface area contributed by atoms with Crippen molar-refractivity contribution in [2.75, 3.05) is 6.54 Å². The molecule has 1 nitrogen and oxygen atoms in total. The molecule has 0 radical (unpaired) electrons. The molecule has 0 saturated heterocycles. The molecule has 0 heterocycles. The van der Waals surface area contributed by atoms with Crippen LogP contribution in [0.4, 0.5) is 0 Å². The van der Waals surface area contributed by atoms with E-state index in [1.54, 1.807) is 0 Å². The van der Waals surface area contributed by atoms with Gasteiger partial charge in [0.1, 0.15) is 0 Å². The maximum atomic E-state index is 6.30. The summed E-state index contributed by atoms with van der Waals surface area (Å²) in [6.07, 6.45) is 0. The molecule has 0 fully saturated rings. The van der Waals surface area contributed by atoms with E-state index in [9.17, 15) is 0 Å². The Kier molecular flexibility index (Phi) is 6.12. The molecule has 4 heteroatoms. The van der Waals surface area contributed by atoms with Gasteiger partial charge in [0.25, 0.3) is 0 Å². The third-order valence-corrected chi connectivity index (χ3v) is 5.97. The summed E-state index contributed by atoms with van der Waals surface area (Å²) in [6, 6.07) is 10.9. The standard InChI is InChI=1S/C17H18BrClIN/c1-4-21-17(12-5-6-16(20)15(19)9-12)13-7-11(3)14(18)8-10(13)2/h5-9,17,21H,4H2,1-3H3. The Morgan fingerprint density at radius 3 is 2.52 bits per heavy atom. The largest absolute Gasteiger partial charge is 0.307 e. The summed E-state index contributed by atoms with van der Waals surface area (Å²) in [5.74, 6) is 0. The zero-order valence-corrected chi connectivity index (χ0v) is 16.8. The van der Waals surface area contributed by atoms with Gasteiger partial charge in [-0.25, -0.2) is 0 Å². The van der Waals surface area contributed by atoms with Gasteiger partial charge < -0.3 is 5.32 Å². The van der Waals surface area contributed by atoms with Crippen molar-refractivity contribution in [2.24, 2.45) is 0 Å². The summed E-state index contributed by atoms with van der Waals surface area (Å²) in [7, 11) is 0. The minimum Gasteiger partial charge on any atom is -0.307 e. The fraction of sp³-hybridized carbons (Fsp3) is 0.294. The van der Waals surface area contributed by atoms with Crippen LogP contribution in [0.2, 0.25) is 5.02 Å². The van der Waals surface area contributed by atoms with Crippen LogP contribution in [0.3, 0.4) is 0 Å². The highest BCUT2D eigenvalue weighted by atomic mass is 127. The summed E-state index contributed by atoms with van der Waals surface area (Å²) in [6.45, 7) is 7.31. The van der Waals surface area contributed by atoms with Crippen molar-refractivity contribution < 1.29 is 0 Å². The summed E-state index contributed by atoms with van der Waals surface area (Å²) < 4.78 is 2.23. The average Bonchev–Trinajstić information content (AvgIpc) is 2.44. The zero-order valence-electron chi connectivity index (χ0n) is 12.3. The smallest absolute Gasteiger partial charge is 0.0579 e. The molecule has 0 amide bonds. The number of rotatable bonds is 4. The maximum Gasteiger partial charge on any atom is 0.0579 e. The van der Waals surface area contributed by atoms with Crippen molar-refractivity contribution in [3.8, 4) is 0 Å². The lowest BCUT2D eigenvalue weighted by molar-refractivity contribution is 0.627. The lowest BCUT2D eigenvalue weighted by atomic mass is 9.93. The van der Waals surface area contributed by atoms with Crippen molar-refractivity contribution in [3.05, 3.63) is 65.7 Å². The second-order valence-electron chi connectivity index (χ2n) is 5.12. The van der Waals surface area contributed by atoms with Crippen LogP contribution in [0.5, 0.6) is 0 Å². The van der Waals surface area contributed by atoms with E-state index in [1.165, 1.54) is 22.3 Å².